The molecule has 0 aliphatic carbocycles. The summed E-state index contributed by atoms with van der Waals surface area (Å²) in [5.74, 6) is 0. The molecule has 0 bridgehead atoms. The lowest BCUT2D eigenvalue weighted by atomic mass is 10.2. The molecule has 0 saturated carbocycles. The normalized spacial score (nSPS) is 11.4. The van der Waals surface area contributed by atoms with Crippen molar-refractivity contribution in [2.75, 3.05) is 5.32 Å². The molecule has 4 heteroatoms. The predicted octanol–water partition coefficient (Wildman–Crippen LogP) is 3.65. The van der Waals surface area contributed by atoms with Gasteiger partial charge in [0.05, 0.1) is 17.1 Å². The van der Waals surface area contributed by atoms with Crippen LogP contribution in [-0.4, -0.2) is 14.3 Å². The SMILES string of the molecule is Cc1nn(C(C)C)c(C)c1NCc1cc(C)n(C)c1C. The van der Waals surface area contributed by atoms with Gasteiger partial charge in [-0.05, 0) is 53.2 Å². The van der Waals surface area contributed by atoms with Crippen molar-refractivity contribution in [3.63, 3.8) is 0 Å². The summed E-state index contributed by atoms with van der Waals surface area (Å²) in [6.45, 7) is 13.7. The molecule has 0 aliphatic rings. The molecular formula is C16H26N4. The Labute approximate surface area is 121 Å². The molecule has 4 nitrogen and oxygen atoms in total. The highest BCUT2D eigenvalue weighted by molar-refractivity contribution is 5.52. The summed E-state index contributed by atoms with van der Waals surface area (Å²) in [6.07, 6.45) is 0. The first-order valence-electron chi connectivity index (χ1n) is 7.24. The third kappa shape index (κ3) is 2.47. The van der Waals surface area contributed by atoms with Crippen LogP contribution in [0, 0.1) is 27.7 Å². The zero-order valence-electron chi connectivity index (χ0n) is 13.7. The predicted molar refractivity (Wildman–Crippen MR) is 84.3 cm³/mol. The molecule has 0 fully saturated rings. The van der Waals surface area contributed by atoms with E-state index in [0.717, 1.165) is 12.2 Å². The van der Waals surface area contributed by atoms with E-state index in [2.05, 4.69) is 74.3 Å². The molecule has 20 heavy (non-hydrogen) atoms. The van der Waals surface area contributed by atoms with Crippen molar-refractivity contribution in [1.82, 2.24) is 14.3 Å². The van der Waals surface area contributed by atoms with Gasteiger partial charge in [-0.2, -0.15) is 5.10 Å². The van der Waals surface area contributed by atoms with Gasteiger partial charge in [-0.25, -0.2) is 0 Å². The molecule has 0 spiro atoms. The van der Waals surface area contributed by atoms with E-state index in [4.69, 9.17) is 0 Å². The van der Waals surface area contributed by atoms with E-state index in [1.165, 1.54) is 28.3 Å². The van der Waals surface area contributed by atoms with E-state index in [1.807, 2.05) is 0 Å². The van der Waals surface area contributed by atoms with Crippen molar-refractivity contribution in [1.29, 1.82) is 0 Å². The van der Waals surface area contributed by atoms with Crippen LogP contribution in [0.3, 0.4) is 0 Å². The number of aryl methyl sites for hydroxylation is 2. The Morgan fingerprint density at radius 3 is 2.25 bits per heavy atom. The minimum Gasteiger partial charge on any atom is -0.378 e. The number of anilines is 1. The Morgan fingerprint density at radius 2 is 1.80 bits per heavy atom. The molecule has 0 unspecified atom stereocenters. The monoisotopic (exact) mass is 274 g/mol. The Bertz CT molecular complexity index is 617. The van der Waals surface area contributed by atoms with Crippen LogP contribution in [0.25, 0.3) is 0 Å². The summed E-state index contributed by atoms with van der Waals surface area (Å²) < 4.78 is 4.31. The van der Waals surface area contributed by atoms with Gasteiger partial charge in [0.2, 0.25) is 0 Å². The molecule has 2 aromatic heterocycles. The largest absolute Gasteiger partial charge is 0.378 e. The van der Waals surface area contributed by atoms with Crippen molar-refractivity contribution in [3.8, 4) is 0 Å². The first kappa shape index (κ1) is 14.7. The molecule has 110 valence electrons. The van der Waals surface area contributed by atoms with Crippen LogP contribution in [0.1, 0.15) is 48.2 Å². The highest BCUT2D eigenvalue weighted by atomic mass is 15.3. The van der Waals surface area contributed by atoms with Gasteiger partial charge >= 0.3 is 0 Å². The van der Waals surface area contributed by atoms with Crippen LogP contribution in [0.4, 0.5) is 5.69 Å². The molecule has 2 rings (SSSR count). The third-order valence-electron chi connectivity index (χ3n) is 4.15. The maximum atomic E-state index is 4.62. The van der Waals surface area contributed by atoms with E-state index in [9.17, 15) is 0 Å². The van der Waals surface area contributed by atoms with Crippen LogP contribution in [0.5, 0.6) is 0 Å². The summed E-state index contributed by atoms with van der Waals surface area (Å²) in [5.41, 5.74) is 7.41. The van der Waals surface area contributed by atoms with E-state index in [-0.39, 0.29) is 0 Å². The fraction of sp³-hybridized carbons (Fsp3) is 0.562. The number of hydrogen-bond donors (Lipinski definition) is 1. The summed E-state index contributed by atoms with van der Waals surface area (Å²) in [5, 5.41) is 8.17. The van der Waals surface area contributed by atoms with Gasteiger partial charge in [-0.3, -0.25) is 4.68 Å². The molecule has 0 saturated heterocycles. The summed E-state index contributed by atoms with van der Waals surface area (Å²) in [6, 6.07) is 2.64. The molecule has 0 radical (unpaired) electrons. The van der Waals surface area contributed by atoms with E-state index >= 15 is 0 Å². The molecule has 0 aliphatic heterocycles. The van der Waals surface area contributed by atoms with Crippen molar-refractivity contribution >= 4 is 5.69 Å². The van der Waals surface area contributed by atoms with Crippen LogP contribution in [0.2, 0.25) is 0 Å². The third-order valence-corrected chi connectivity index (χ3v) is 4.15. The molecular weight excluding hydrogens is 248 g/mol. The average Bonchev–Trinajstić information content (AvgIpc) is 2.80. The van der Waals surface area contributed by atoms with Gasteiger partial charge in [0.15, 0.2) is 0 Å². The summed E-state index contributed by atoms with van der Waals surface area (Å²) in [7, 11) is 2.11. The lowest BCUT2D eigenvalue weighted by Gasteiger charge is -2.10. The Kier molecular flexibility index (Phi) is 3.93. The standard InChI is InChI=1S/C16H26N4/c1-10(2)20-14(6)16(12(4)18-20)17-9-15-8-11(3)19(7)13(15)5/h8,10,17H,9H2,1-7H3. The van der Waals surface area contributed by atoms with E-state index in [1.54, 1.807) is 0 Å². The van der Waals surface area contributed by atoms with Crippen molar-refractivity contribution in [2.24, 2.45) is 7.05 Å². The molecule has 2 aromatic rings. The molecule has 0 amide bonds. The van der Waals surface area contributed by atoms with Gasteiger partial charge in [0, 0.05) is 31.0 Å². The maximum Gasteiger partial charge on any atom is 0.0828 e. The summed E-state index contributed by atoms with van der Waals surface area (Å²) >= 11 is 0. The Morgan fingerprint density at radius 1 is 1.15 bits per heavy atom. The lowest BCUT2D eigenvalue weighted by Crippen LogP contribution is -2.06. The van der Waals surface area contributed by atoms with Gasteiger partial charge in [-0.1, -0.05) is 0 Å². The number of hydrogen-bond acceptors (Lipinski definition) is 2. The zero-order chi connectivity index (χ0) is 15.0. The maximum absolute atomic E-state index is 4.62. The smallest absolute Gasteiger partial charge is 0.0828 e. The van der Waals surface area contributed by atoms with Gasteiger partial charge in [0.25, 0.3) is 0 Å². The van der Waals surface area contributed by atoms with Crippen LogP contribution in [-0.2, 0) is 13.6 Å². The molecule has 2 heterocycles. The number of rotatable bonds is 4. The first-order chi connectivity index (χ1) is 9.32. The molecule has 0 atom stereocenters. The fourth-order valence-corrected chi connectivity index (χ4v) is 2.72. The van der Waals surface area contributed by atoms with Crippen LogP contribution >= 0.6 is 0 Å². The quantitative estimate of drug-likeness (QED) is 0.923. The second kappa shape index (κ2) is 5.35. The van der Waals surface area contributed by atoms with Gasteiger partial charge in [-0.15, -0.1) is 0 Å². The number of aromatic nitrogens is 3. The zero-order valence-corrected chi connectivity index (χ0v) is 13.7. The highest BCUT2D eigenvalue weighted by Crippen LogP contribution is 2.24. The Balaban J connectivity index is 2.21. The second-order valence-electron chi connectivity index (χ2n) is 5.89. The minimum atomic E-state index is 0.393. The Hall–Kier alpha value is -1.71. The molecule has 0 aromatic carbocycles. The van der Waals surface area contributed by atoms with Crippen molar-refractivity contribution in [2.45, 2.75) is 54.1 Å². The molecule has 1 N–H and O–H groups in total. The van der Waals surface area contributed by atoms with Gasteiger partial charge in [0.1, 0.15) is 0 Å². The van der Waals surface area contributed by atoms with Gasteiger partial charge < -0.3 is 9.88 Å². The first-order valence-corrected chi connectivity index (χ1v) is 7.24. The number of nitrogens with one attached hydrogen (secondary N) is 1. The second-order valence-corrected chi connectivity index (χ2v) is 5.89. The number of nitrogens with zero attached hydrogens (tertiary/aromatic N) is 3. The minimum absolute atomic E-state index is 0.393. The topological polar surface area (TPSA) is 34.8 Å². The van der Waals surface area contributed by atoms with Crippen molar-refractivity contribution in [3.05, 3.63) is 34.4 Å². The van der Waals surface area contributed by atoms with E-state index < -0.39 is 0 Å². The average molecular weight is 274 g/mol. The summed E-state index contributed by atoms with van der Waals surface area (Å²) in [4.78, 5) is 0. The highest BCUT2D eigenvalue weighted by Gasteiger charge is 2.14. The lowest BCUT2D eigenvalue weighted by molar-refractivity contribution is 0.516. The fourth-order valence-electron chi connectivity index (χ4n) is 2.72. The van der Waals surface area contributed by atoms with Crippen LogP contribution < -0.4 is 5.32 Å². The van der Waals surface area contributed by atoms with E-state index in [0.29, 0.717) is 6.04 Å². The van der Waals surface area contributed by atoms with Crippen LogP contribution in [0.15, 0.2) is 6.07 Å². The van der Waals surface area contributed by atoms with Crippen molar-refractivity contribution < 1.29 is 0 Å².